The number of nitrogens with two attached hydrogens (primary N) is 1. The zero-order valence-corrected chi connectivity index (χ0v) is 13.8. The number of halogens is 1. The Morgan fingerprint density at radius 3 is 2.50 bits per heavy atom. The third-order valence-electron chi connectivity index (χ3n) is 4.42. The van der Waals surface area contributed by atoms with Gasteiger partial charge in [0.05, 0.1) is 5.69 Å². The van der Waals surface area contributed by atoms with Gasteiger partial charge in [0.25, 0.3) is 0 Å². The van der Waals surface area contributed by atoms with Gasteiger partial charge in [0.15, 0.2) is 0 Å². The molecule has 2 fully saturated rings. The summed E-state index contributed by atoms with van der Waals surface area (Å²) >= 11 is 3.71. The van der Waals surface area contributed by atoms with E-state index in [1.807, 2.05) is 6.92 Å². The average Bonchev–Trinajstić information content (AvgIpc) is 3.24. The van der Waals surface area contributed by atoms with Crippen molar-refractivity contribution < 1.29 is 0 Å². The van der Waals surface area contributed by atoms with E-state index in [0.29, 0.717) is 0 Å². The summed E-state index contributed by atoms with van der Waals surface area (Å²) in [7, 11) is 0. The van der Waals surface area contributed by atoms with Crippen molar-refractivity contribution in [3.63, 3.8) is 0 Å². The summed E-state index contributed by atoms with van der Waals surface area (Å²) in [6.07, 6.45) is 2.90. The van der Waals surface area contributed by atoms with E-state index in [1.54, 1.807) is 0 Å². The minimum atomic E-state index is 0.0933. The van der Waals surface area contributed by atoms with Crippen LogP contribution in [0.5, 0.6) is 0 Å². The zero-order valence-electron chi connectivity index (χ0n) is 12.2. The van der Waals surface area contributed by atoms with Gasteiger partial charge in [-0.05, 0) is 59.3 Å². The molecular formula is C16H24BrN3. The van der Waals surface area contributed by atoms with Crippen molar-refractivity contribution in [3.05, 3.63) is 28.2 Å². The summed E-state index contributed by atoms with van der Waals surface area (Å²) in [5, 5.41) is 0. The summed E-state index contributed by atoms with van der Waals surface area (Å²) in [6, 6.07) is 6.62. The molecule has 1 saturated carbocycles. The van der Waals surface area contributed by atoms with Gasteiger partial charge in [0.1, 0.15) is 0 Å². The molecule has 110 valence electrons. The molecule has 1 atom stereocenters. The summed E-state index contributed by atoms with van der Waals surface area (Å²) in [5.41, 5.74) is 8.43. The number of rotatable bonds is 4. The molecule has 20 heavy (non-hydrogen) atoms. The summed E-state index contributed by atoms with van der Waals surface area (Å²) in [4.78, 5) is 5.11. The zero-order chi connectivity index (χ0) is 14.1. The van der Waals surface area contributed by atoms with Crippen LogP contribution in [0.25, 0.3) is 0 Å². The van der Waals surface area contributed by atoms with Gasteiger partial charge in [-0.2, -0.15) is 0 Å². The Labute approximate surface area is 130 Å². The first-order valence-corrected chi connectivity index (χ1v) is 8.45. The van der Waals surface area contributed by atoms with Gasteiger partial charge in [0, 0.05) is 43.2 Å². The van der Waals surface area contributed by atoms with Crippen molar-refractivity contribution in [2.24, 2.45) is 11.7 Å². The highest BCUT2D eigenvalue weighted by molar-refractivity contribution is 9.10. The highest BCUT2D eigenvalue weighted by Gasteiger charge is 2.26. The van der Waals surface area contributed by atoms with E-state index in [9.17, 15) is 0 Å². The van der Waals surface area contributed by atoms with Gasteiger partial charge in [-0.15, -0.1) is 0 Å². The second-order valence-corrected chi connectivity index (χ2v) is 7.08. The summed E-state index contributed by atoms with van der Waals surface area (Å²) in [5.74, 6) is 0.999. The van der Waals surface area contributed by atoms with Crippen LogP contribution in [0.15, 0.2) is 22.7 Å². The lowest BCUT2D eigenvalue weighted by molar-refractivity contribution is 0.248. The van der Waals surface area contributed by atoms with Crippen molar-refractivity contribution in [1.82, 2.24) is 4.90 Å². The summed E-state index contributed by atoms with van der Waals surface area (Å²) in [6.45, 7) is 7.98. The Morgan fingerprint density at radius 2 is 1.95 bits per heavy atom. The fourth-order valence-corrected chi connectivity index (χ4v) is 3.55. The molecular weight excluding hydrogens is 314 g/mol. The lowest BCUT2D eigenvalue weighted by Gasteiger charge is -2.36. The van der Waals surface area contributed by atoms with Crippen LogP contribution >= 0.6 is 15.9 Å². The first kappa shape index (κ1) is 14.4. The topological polar surface area (TPSA) is 32.5 Å². The van der Waals surface area contributed by atoms with E-state index in [4.69, 9.17) is 5.73 Å². The maximum atomic E-state index is 5.94. The number of hydrogen-bond acceptors (Lipinski definition) is 3. The summed E-state index contributed by atoms with van der Waals surface area (Å²) < 4.78 is 1.17. The van der Waals surface area contributed by atoms with E-state index in [1.165, 1.54) is 48.2 Å². The fraction of sp³-hybridized carbons (Fsp3) is 0.625. The van der Waals surface area contributed by atoms with Gasteiger partial charge >= 0.3 is 0 Å². The van der Waals surface area contributed by atoms with Gasteiger partial charge in [0.2, 0.25) is 0 Å². The van der Waals surface area contributed by atoms with Crippen LogP contribution in [-0.2, 0) is 0 Å². The SMILES string of the molecule is C[C@H](N)c1ccc(N2CCN(CC3CC3)CC2)c(Br)c1. The van der Waals surface area contributed by atoms with Gasteiger partial charge in [-0.25, -0.2) is 0 Å². The molecule has 1 aliphatic heterocycles. The Hall–Kier alpha value is -0.580. The predicted octanol–water partition coefficient (Wildman–Crippen LogP) is 3.00. The molecule has 1 saturated heterocycles. The van der Waals surface area contributed by atoms with Crippen LogP contribution in [0.4, 0.5) is 5.69 Å². The fourth-order valence-electron chi connectivity index (χ4n) is 2.90. The molecule has 1 heterocycles. The number of benzene rings is 1. The number of hydrogen-bond donors (Lipinski definition) is 1. The molecule has 3 rings (SSSR count). The van der Waals surface area contributed by atoms with Crippen LogP contribution in [0.3, 0.4) is 0 Å². The van der Waals surface area contributed by atoms with Gasteiger partial charge in [-0.1, -0.05) is 6.07 Å². The van der Waals surface area contributed by atoms with Crippen molar-refractivity contribution in [1.29, 1.82) is 0 Å². The minimum Gasteiger partial charge on any atom is -0.368 e. The van der Waals surface area contributed by atoms with Crippen molar-refractivity contribution in [2.75, 3.05) is 37.6 Å². The van der Waals surface area contributed by atoms with Crippen molar-refractivity contribution in [2.45, 2.75) is 25.8 Å². The number of anilines is 1. The van der Waals surface area contributed by atoms with Crippen molar-refractivity contribution >= 4 is 21.6 Å². The lowest BCUT2D eigenvalue weighted by atomic mass is 10.1. The molecule has 2 N–H and O–H groups in total. The molecule has 0 aromatic heterocycles. The molecule has 1 aliphatic carbocycles. The second kappa shape index (κ2) is 6.04. The lowest BCUT2D eigenvalue weighted by Crippen LogP contribution is -2.47. The van der Waals surface area contributed by atoms with E-state index in [2.05, 4.69) is 43.9 Å². The monoisotopic (exact) mass is 337 g/mol. The average molecular weight is 338 g/mol. The third kappa shape index (κ3) is 3.35. The highest BCUT2D eigenvalue weighted by Crippen LogP contribution is 2.32. The Bertz CT molecular complexity index is 463. The van der Waals surface area contributed by atoms with E-state index < -0.39 is 0 Å². The molecule has 3 nitrogen and oxygen atoms in total. The number of piperazine rings is 1. The molecule has 0 amide bonds. The molecule has 2 aliphatic rings. The Morgan fingerprint density at radius 1 is 1.25 bits per heavy atom. The standard InChI is InChI=1S/C16H24BrN3/c1-12(18)14-4-5-16(15(17)10-14)20-8-6-19(7-9-20)11-13-2-3-13/h4-5,10,12-13H,2-3,6-9,11,18H2,1H3/t12-/m0/s1. The molecule has 0 radical (unpaired) electrons. The maximum Gasteiger partial charge on any atom is 0.0511 e. The van der Waals surface area contributed by atoms with Crippen LogP contribution in [0.2, 0.25) is 0 Å². The van der Waals surface area contributed by atoms with Crippen LogP contribution in [0, 0.1) is 5.92 Å². The Kier molecular flexibility index (Phi) is 4.34. The maximum absolute atomic E-state index is 5.94. The second-order valence-electron chi connectivity index (χ2n) is 6.23. The largest absolute Gasteiger partial charge is 0.368 e. The quantitative estimate of drug-likeness (QED) is 0.916. The molecule has 1 aromatic rings. The molecule has 4 heteroatoms. The van der Waals surface area contributed by atoms with Crippen molar-refractivity contribution in [3.8, 4) is 0 Å². The molecule has 1 aromatic carbocycles. The third-order valence-corrected chi connectivity index (χ3v) is 5.06. The first-order valence-electron chi connectivity index (χ1n) is 7.66. The molecule has 0 unspecified atom stereocenters. The van der Waals surface area contributed by atoms with E-state index >= 15 is 0 Å². The normalized spacial score (nSPS) is 22.1. The number of nitrogens with zero attached hydrogens (tertiary/aromatic N) is 2. The highest BCUT2D eigenvalue weighted by atomic mass is 79.9. The first-order chi connectivity index (χ1) is 9.63. The van der Waals surface area contributed by atoms with Gasteiger partial charge in [-0.3, -0.25) is 4.90 Å². The van der Waals surface area contributed by atoms with E-state index in [0.717, 1.165) is 19.0 Å². The smallest absolute Gasteiger partial charge is 0.0511 e. The predicted molar refractivity (Wildman–Crippen MR) is 88.1 cm³/mol. The van der Waals surface area contributed by atoms with Gasteiger partial charge < -0.3 is 10.6 Å². The van der Waals surface area contributed by atoms with E-state index in [-0.39, 0.29) is 6.04 Å². The van der Waals surface area contributed by atoms with Crippen LogP contribution < -0.4 is 10.6 Å². The van der Waals surface area contributed by atoms with Crippen LogP contribution in [-0.4, -0.2) is 37.6 Å². The molecule has 0 bridgehead atoms. The molecule has 0 spiro atoms. The Balaban J connectivity index is 1.62. The minimum absolute atomic E-state index is 0.0933. The van der Waals surface area contributed by atoms with Crippen LogP contribution in [0.1, 0.15) is 31.4 Å².